The third-order valence-electron chi connectivity index (χ3n) is 6.01. The molecule has 1 aromatic heterocycles. The topological polar surface area (TPSA) is 71.3 Å². The molecule has 2 N–H and O–H groups in total. The number of carbonyl (C=O) groups is 2. The van der Waals surface area contributed by atoms with E-state index in [1.807, 2.05) is 87.8 Å². The molecule has 5 heteroatoms. The van der Waals surface area contributed by atoms with Gasteiger partial charge in [0, 0.05) is 24.4 Å². The van der Waals surface area contributed by atoms with Crippen molar-refractivity contribution in [1.82, 2.24) is 9.88 Å². The number of Topliss-reactive ketones (excluding diaryl/α,β-unsaturated/α-hetero) is 1. The molecule has 3 aromatic rings. The molecule has 2 unspecified atom stereocenters. The molecule has 0 fully saturated rings. The zero-order valence-corrected chi connectivity index (χ0v) is 20.2. The van der Waals surface area contributed by atoms with Gasteiger partial charge in [0.2, 0.25) is 5.91 Å². The molecule has 1 amide bonds. The third kappa shape index (κ3) is 6.03. The number of rotatable bonds is 8. The summed E-state index contributed by atoms with van der Waals surface area (Å²) in [6.07, 6.45) is 9.22. The molecule has 2 atom stereocenters. The van der Waals surface area contributed by atoms with Crippen LogP contribution >= 0.6 is 0 Å². The van der Waals surface area contributed by atoms with E-state index < -0.39 is 12.1 Å². The number of terminal acetylenes is 1. The SMILES string of the molecule is C#Cc1ccc(-c2ccc(-c3ccn(C(CC(C)=O)C(=O)NC(CO)C(C)(C)C)c3)cc2)cc1. The van der Waals surface area contributed by atoms with E-state index in [-0.39, 0.29) is 30.1 Å². The van der Waals surface area contributed by atoms with Gasteiger partial charge in [-0.15, -0.1) is 6.42 Å². The van der Waals surface area contributed by atoms with Crippen molar-refractivity contribution in [3.8, 4) is 34.6 Å². The predicted molar refractivity (Wildman–Crippen MR) is 136 cm³/mol. The number of nitrogens with one attached hydrogen (secondary N) is 1. The third-order valence-corrected chi connectivity index (χ3v) is 6.01. The number of ketones is 1. The Hall–Kier alpha value is -3.62. The monoisotopic (exact) mass is 456 g/mol. The fourth-order valence-corrected chi connectivity index (χ4v) is 3.80. The average Bonchev–Trinajstić information content (AvgIpc) is 3.30. The quantitative estimate of drug-likeness (QED) is 0.476. The first-order chi connectivity index (χ1) is 16.1. The molecule has 3 rings (SSSR count). The smallest absolute Gasteiger partial charge is 0.243 e. The molecule has 0 aliphatic rings. The van der Waals surface area contributed by atoms with Gasteiger partial charge in [0.1, 0.15) is 11.8 Å². The van der Waals surface area contributed by atoms with E-state index in [9.17, 15) is 14.7 Å². The van der Waals surface area contributed by atoms with Crippen molar-refractivity contribution in [2.24, 2.45) is 5.41 Å². The average molecular weight is 457 g/mol. The molecule has 0 spiro atoms. The summed E-state index contributed by atoms with van der Waals surface area (Å²) in [6.45, 7) is 7.17. The first-order valence-corrected chi connectivity index (χ1v) is 11.4. The molecule has 5 nitrogen and oxygen atoms in total. The molecule has 0 radical (unpaired) electrons. The Morgan fingerprint density at radius 2 is 1.50 bits per heavy atom. The van der Waals surface area contributed by atoms with Crippen molar-refractivity contribution in [3.63, 3.8) is 0 Å². The number of aliphatic hydroxyl groups excluding tert-OH is 1. The van der Waals surface area contributed by atoms with Gasteiger partial charge in [-0.05, 0) is 52.8 Å². The van der Waals surface area contributed by atoms with E-state index in [1.54, 1.807) is 4.57 Å². The molecule has 0 saturated heterocycles. The highest BCUT2D eigenvalue weighted by molar-refractivity contribution is 5.87. The van der Waals surface area contributed by atoms with Crippen molar-refractivity contribution >= 4 is 11.7 Å². The Balaban J connectivity index is 1.82. The van der Waals surface area contributed by atoms with Crippen LogP contribution in [0.25, 0.3) is 22.3 Å². The summed E-state index contributed by atoms with van der Waals surface area (Å²) in [5.41, 5.74) is 4.66. The number of hydrogen-bond donors (Lipinski definition) is 2. The molecular weight excluding hydrogens is 424 g/mol. The number of carbonyl (C=O) groups excluding carboxylic acids is 2. The highest BCUT2D eigenvalue weighted by atomic mass is 16.3. The van der Waals surface area contributed by atoms with E-state index >= 15 is 0 Å². The fraction of sp³-hybridized carbons (Fsp3) is 0.310. The lowest BCUT2D eigenvalue weighted by Crippen LogP contribution is -2.48. The molecule has 0 aliphatic heterocycles. The van der Waals surface area contributed by atoms with Crippen LogP contribution in [0.1, 0.15) is 45.7 Å². The lowest BCUT2D eigenvalue weighted by Gasteiger charge is -2.31. The lowest BCUT2D eigenvalue weighted by atomic mass is 9.87. The highest BCUT2D eigenvalue weighted by Gasteiger charge is 2.30. The maximum atomic E-state index is 13.1. The van der Waals surface area contributed by atoms with Gasteiger partial charge < -0.3 is 15.0 Å². The maximum absolute atomic E-state index is 13.1. The summed E-state index contributed by atoms with van der Waals surface area (Å²) in [7, 11) is 0. The van der Waals surface area contributed by atoms with Crippen LogP contribution in [0, 0.1) is 17.8 Å². The standard InChI is InChI=1S/C29H32N2O3/c1-6-21-7-9-22(10-8-21)23-11-13-24(14-12-23)25-15-16-31(18-25)26(17-20(2)33)28(34)30-27(19-32)29(3,4)5/h1,7-16,18,26-27,32H,17,19H2,2-5H3,(H,30,34). The molecule has 34 heavy (non-hydrogen) atoms. The maximum Gasteiger partial charge on any atom is 0.243 e. The van der Waals surface area contributed by atoms with Gasteiger partial charge in [0.25, 0.3) is 0 Å². The first-order valence-electron chi connectivity index (χ1n) is 11.4. The van der Waals surface area contributed by atoms with E-state index in [0.717, 1.165) is 27.8 Å². The van der Waals surface area contributed by atoms with Crippen molar-refractivity contribution in [2.45, 2.75) is 46.2 Å². The Labute approximate surface area is 201 Å². The van der Waals surface area contributed by atoms with Crippen LogP contribution in [0.15, 0.2) is 67.0 Å². The Bertz CT molecular complexity index is 1180. The molecule has 0 saturated carbocycles. The van der Waals surface area contributed by atoms with E-state index in [4.69, 9.17) is 6.42 Å². The molecule has 0 bridgehead atoms. The fourth-order valence-electron chi connectivity index (χ4n) is 3.80. The van der Waals surface area contributed by atoms with Crippen LogP contribution in [0.5, 0.6) is 0 Å². The summed E-state index contributed by atoms with van der Waals surface area (Å²) < 4.78 is 1.77. The van der Waals surface area contributed by atoms with Gasteiger partial charge in [-0.3, -0.25) is 9.59 Å². The van der Waals surface area contributed by atoms with Gasteiger partial charge in [-0.25, -0.2) is 0 Å². The minimum Gasteiger partial charge on any atom is -0.394 e. The summed E-state index contributed by atoms with van der Waals surface area (Å²) in [6, 6.07) is 16.9. The van der Waals surface area contributed by atoms with Gasteiger partial charge in [0.05, 0.1) is 12.6 Å². The number of aliphatic hydroxyl groups is 1. The number of nitrogens with zero attached hydrogens (tertiary/aromatic N) is 1. The number of aromatic nitrogens is 1. The number of amides is 1. The van der Waals surface area contributed by atoms with Crippen LogP contribution in [0.4, 0.5) is 0 Å². The van der Waals surface area contributed by atoms with Gasteiger partial charge in [0.15, 0.2) is 0 Å². The second kappa shape index (κ2) is 10.5. The summed E-state index contributed by atoms with van der Waals surface area (Å²) in [5, 5.41) is 12.7. The van der Waals surface area contributed by atoms with Gasteiger partial charge >= 0.3 is 0 Å². The predicted octanol–water partition coefficient (Wildman–Crippen LogP) is 4.85. The molecule has 2 aromatic carbocycles. The van der Waals surface area contributed by atoms with Crippen molar-refractivity contribution in [1.29, 1.82) is 0 Å². The zero-order chi connectivity index (χ0) is 24.9. The largest absolute Gasteiger partial charge is 0.394 e. The minimum atomic E-state index is -0.684. The van der Waals surface area contributed by atoms with Crippen LogP contribution in [0.2, 0.25) is 0 Å². The van der Waals surface area contributed by atoms with Crippen LogP contribution in [0.3, 0.4) is 0 Å². The van der Waals surface area contributed by atoms with E-state index in [2.05, 4.69) is 11.2 Å². The zero-order valence-electron chi connectivity index (χ0n) is 20.2. The van der Waals surface area contributed by atoms with Crippen LogP contribution < -0.4 is 5.32 Å². The Morgan fingerprint density at radius 1 is 0.971 bits per heavy atom. The van der Waals surface area contributed by atoms with Crippen molar-refractivity contribution in [3.05, 3.63) is 72.6 Å². The van der Waals surface area contributed by atoms with Crippen molar-refractivity contribution < 1.29 is 14.7 Å². The second-order valence-electron chi connectivity index (χ2n) is 9.68. The number of hydrogen-bond acceptors (Lipinski definition) is 3. The number of benzene rings is 2. The van der Waals surface area contributed by atoms with Gasteiger partial charge in [-0.2, -0.15) is 0 Å². The minimum absolute atomic E-state index is 0.0769. The summed E-state index contributed by atoms with van der Waals surface area (Å²) in [4.78, 5) is 25.0. The van der Waals surface area contributed by atoms with Gasteiger partial charge in [-0.1, -0.05) is 63.1 Å². The highest BCUT2D eigenvalue weighted by Crippen LogP contribution is 2.27. The Morgan fingerprint density at radius 3 is 1.97 bits per heavy atom. The molecule has 0 aliphatic carbocycles. The first kappa shape index (κ1) is 25.0. The van der Waals surface area contributed by atoms with Crippen molar-refractivity contribution in [2.75, 3.05) is 6.61 Å². The molecule has 176 valence electrons. The van der Waals surface area contributed by atoms with Crippen LogP contribution in [-0.2, 0) is 9.59 Å². The lowest BCUT2D eigenvalue weighted by molar-refractivity contribution is -0.129. The second-order valence-corrected chi connectivity index (χ2v) is 9.68. The molecular formula is C29H32N2O3. The Kier molecular flexibility index (Phi) is 7.75. The van der Waals surface area contributed by atoms with E-state index in [1.165, 1.54) is 6.92 Å². The van der Waals surface area contributed by atoms with E-state index in [0.29, 0.717) is 0 Å². The summed E-state index contributed by atoms with van der Waals surface area (Å²) in [5.74, 6) is 2.27. The summed E-state index contributed by atoms with van der Waals surface area (Å²) >= 11 is 0. The normalized spacial score (nSPS) is 13.1. The molecule has 1 heterocycles. The van der Waals surface area contributed by atoms with Crippen LogP contribution in [-0.4, -0.2) is 34.0 Å².